The molecule has 2 aromatic rings. The van der Waals surface area contributed by atoms with Gasteiger partial charge >= 0.3 is 6.36 Å². The summed E-state index contributed by atoms with van der Waals surface area (Å²) < 4.78 is 47.4. The predicted octanol–water partition coefficient (Wildman–Crippen LogP) is 5.00. The number of alkyl halides is 3. The molecule has 0 saturated heterocycles. The molecule has 0 bridgehead atoms. The third kappa shape index (κ3) is 3.68. The van der Waals surface area contributed by atoms with Crippen LogP contribution in [0.4, 0.5) is 13.2 Å². The third-order valence-electron chi connectivity index (χ3n) is 3.69. The van der Waals surface area contributed by atoms with Crippen molar-refractivity contribution in [1.82, 2.24) is 4.98 Å². The Morgan fingerprint density at radius 3 is 2.57 bits per heavy atom. The Hall–Kier alpha value is -0.830. The van der Waals surface area contributed by atoms with Gasteiger partial charge in [0, 0.05) is 9.49 Å². The molecule has 1 heterocycles. The van der Waals surface area contributed by atoms with E-state index in [-0.39, 0.29) is 5.92 Å². The molecule has 3 nitrogen and oxygen atoms in total. The minimum absolute atomic E-state index is 0.0724. The van der Waals surface area contributed by atoms with E-state index in [1.807, 2.05) is 18.2 Å². The lowest BCUT2D eigenvalue weighted by Gasteiger charge is -2.27. The average molecular weight is 411 g/mol. The number of nitrogens with zero attached hydrogens (tertiary/aromatic N) is 1. The van der Waals surface area contributed by atoms with Gasteiger partial charge in [-0.3, -0.25) is 4.74 Å². The summed E-state index contributed by atoms with van der Waals surface area (Å²) in [5.74, 6) is 0.695. The molecule has 0 unspecified atom stereocenters. The number of fused-ring (bicyclic) bond motifs is 1. The molecular formula is C14H13F3INO2. The van der Waals surface area contributed by atoms with E-state index in [0.717, 1.165) is 14.7 Å². The quantitative estimate of drug-likeness (QED) is 0.653. The van der Waals surface area contributed by atoms with E-state index in [2.05, 4.69) is 32.3 Å². The maximum atomic E-state index is 12.2. The lowest BCUT2D eigenvalue weighted by atomic mass is 9.87. The Balaban J connectivity index is 1.68. The van der Waals surface area contributed by atoms with Crippen LogP contribution >= 0.6 is 22.6 Å². The summed E-state index contributed by atoms with van der Waals surface area (Å²) in [7, 11) is 0. The molecule has 1 fully saturated rings. The Kier molecular flexibility index (Phi) is 4.13. The van der Waals surface area contributed by atoms with Gasteiger partial charge in [0.2, 0.25) is 0 Å². The first-order valence-electron chi connectivity index (χ1n) is 6.71. The van der Waals surface area contributed by atoms with Gasteiger partial charge in [0.15, 0.2) is 11.5 Å². The molecule has 0 radical (unpaired) electrons. The van der Waals surface area contributed by atoms with Crippen molar-refractivity contribution < 1.29 is 22.3 Å². The van der Waals surface area contributed by atoms with Gasteiger partial charge in [-0.05, 0) is 66.5 Å². The first-order valence-corrected chi connectivity index (χ1v) is 7.79. The smallest absolute Gasteiger partial charge is 0.440 e. The fraction of sp³-hybridized carbons (Fsp3) is 0.500. The van der Waals surface area contributed by atoms with E-state index in [4.69, 9.17) is 4.42 Å². The van der Waals surface area contributed by atoms with Crippen molar-refractivity contribution in [1.29, 1.82) is 0 Å². The van der Waals surface area contributed by atoms with Crippen LogP contribution in [0.5, 0.6) is 0 Å². The number of hydrogen-bond acceptors (Lipinski definition) is 3. The monoisotopic (exact) mass is 411 g/mol. The summed E-state index contributed by atoms with van der Waals surface area (Å²) in [4.78, 5) is 4.46. The van der Waals surface area contributed by atoms with Gasteiger partial charge in [-0.15, -0.1) is 13.2 Å². The van der Waals surface area contributed by atoms with Crippen molar-refractivity contribution in [2.45, 2.75) is 44.1 Å². The highest BCUT2D eigenvalue weighted by atomic mass is 127. The average Bonchev–Trinajstić information content (AvgIpc) is 2.80. The number of aromatic nitrogens is 1. The molecule has 1 saturated carbocycles. The minimum Gasteiger partial charge on any atom is -0.440 e. The van der Waals surface area contributed by atoms with Crippen LogP contribution in [0.15, 0.2) is 22.6 Å². The third-order valence-corrected chi connectivity index (χ3v) is 4.36. The van der Waals surface area contributed by atoms with Crippen molar-refractivity contribution in [3.8, 4) is 0 Å². The molecule has 1 aliphatic rings. The zero-order valence-corrected chi connectivity index (χ0v) is 13.1. The van der Waals surface area contributed by atoms with Gasteiger partial charge in [-0.25, -0.2) is 4.98 Å². The van der Waals surface area contributed by atoms with Gasteiger partial charge in [-0.1, -0.05) is 0 Å². The fourth-order valence-corrected chi connectivity index (χ4v) is 3.18. The summed E-state index contributed by atoms with van der Waals surface area (Å²) >= 11 is 2.20. The van der Waals surface area contributed by atoms with Crippen LogP contribution in [0, 0.1) is 3.57 Å². The van der Waals surface area contributed by atoms with E-state index < -0.39 is 12.5 Å². The molecule has 0 N–H and O–H groups in total. The number of hydrogen-bond donors (Lipinski definition) is 0. The normalized spacial score (nSPS) is 23.6. The maximum absolute atomic E-state index is 12.2. The predicted molar refractivity (Wildman–Crippen MR) is 78.9 cm³/mol. The molecule has 21 heavy (non-hydrogen) atoms. The molecule has 0 atom stereocenters. The topological polar surface area (TPSA) is 35.3 Å². The van der Waals surface area contributed by atoms with Crippen LogP contribution in [0.25, 0.3) is 11.1 Å². The first kappa shape index (κ1) is 15.1. The maximum Gasteiger partial charge on any atom is 0.522 e. The number of halogens is 4. The Labute approximate surface area is 133 Å². The highest BCUT2D eigenvalue weighted by Gasteiger charge is 2.36. The van der Waals surface area contributed by atoms with Crippen LogP contribution in [0.3, 0.4) is 0 Å². The van der Waals surface area contributed by atoms with E-state index in [0.29, 0.717) is 31.6 Å². The molecule has 1 aromatic carbocycles. The van der Waals surface area contributed by atoms with E-state index in [1.165, 1.54) is 0 Å². The number of benzene rings is 1. The summed E-state index contributed by atoms with van der Waals surface area (Å²) in [6, 6.07) is 5.74. The second kappa shape index (κ2) is 5.75. The van der Waals surface area contributed by atoms with Gasteiger partial charge in [-0.2, -0.15) is 0 Å². The molecule has 3 rings (SSSR count). The highest BCUT2D eigenvalue weighted by molar-refractivity contribution is 14.1. The highest BCUT2D eigenvalue weighted by Crippen LogP contribution is 2.37. The molecule has 7 heteroatoms. The molecule has 114 valence electrons. The fourth-order valence-electron chi connectivity index (χ4n) is 2.71. The Bertz CT molecular complexity index is 633. The summed E-state index contributed by atoms with van der Waals surface area (Å²) in [5, 5.41) is 0. The van der Waals surface area contributed by atoms with Crippen LogP contribution in [-0.2, 0) is 4.74 Å². The largest absolute Gasteiger partial charge is 0.522 e. The lowest BCUT2D eigenvalue weighted by molar-refractivity contribution is -0.345. The van der Waals surface area contributed by atoms with Crippen LogP contribution in [0.1, 0.15) is 37.5 Å². The minimum atomic E-state index is -4.55. The van der Waals surface area contributed by atoms with Gasteiger partial charge in [0.1, 0.15) is 5.52 Å². The molecular weight excluding hydrogens is 398 g/mol. The van der Waals surface area contributed by atoms with E-state index in [1.54, 1.807) is 0 Å². The van der Waals surface area contributed by atoms with Crippen molar-refractivity contribution in [2.75, 3.05) is 0 Å². The van der Waals surface area contributed by atoms with Gasteiger partial charge < -0.3 is 4.42 Å². The zero-order chi connectivity index (χ0) is 15.0. The van der Waals surface area contributed by atoms with Crippen molar-refractivity contribution in [3.05, 3.63) is 27.7 Å². The van der Waals surface area contributed by atoms with Crippen molar-refractivity contribution in [3.63, 3.8) is 0 Å². The summed E-state index contributed by atoms with van der Waals surface area (Å²) in [6.45, 7) is 0. The first-order chi connectivity index (χ1) is 9.90. The van der Waals surface area contributed by atoms with E-state index >= 15 is 0 Å². The van der Waals surface area contributed by atoms with Crippen molar-refractivity contribution >= 4 is 33.7 Å². The summed E-state index contributed by atoms with van der Waals surface area (Å²) in [6.07, 6.45) is -3.34. The lowest BCUT2D eigenvalue weighted by Crippen LogP contribution is -2.27. The van der Waals surface area contributed by atoms with Gasteiger partial charge in [0.25, 0.3) is 0 Å². The van der Waals surface area contributed by atoms with Crippen LogP contribution < -0.4 is 0 Å². The van der Waals surface area contributed by atoms with Gasteiger partial charge in [0.05, 0.1) is 6.10 Å². The molecule has 1 aliphatic carbocycles. The second-order valence-corrected chi connectivity index (χ2v) is 6.45. The summed E-state index contributed by atoms with van der Waals surface area (Å²) in [5.41, 5.74) is 1.52. The molecule has 1 aromatic heterocycles. The molecule has 0 amide bonds. The molecule has 0 aliphatic heterocycles. The van der Waals surface area contributed by atoms with Crippen LogP contribution in [0.2, 0.25) is 0 Å². The number of ether oxygens (including phenoxy) is 1. The number of oxazole rings is 1. The van der Waals surface area contributed by atoms with Crippen LogP contribution in [-0.4, -0.2) is 17.5 Å². The Morgan fingerprint density at radius 2 is 1.90 bits per heavy atom. The Morgan fingerprint density at radius 1 is 1.19 bits per heavy atom. The molecule has 0 spiro atoms. The standard InChI is InChI=1S/C14H13F3INO2/c15-14(16,17)21-10-4-1-8(2-5-10)13-19-11-7-9(18)3-6-12(11)20-13/h3,6-8,10H,1-2,4-5H2. The SMILES string of the molecule is FC(F)(F)OC1CCC(c2nc3cc(I)ccc3o2)CC1. The number of rotatable bonds is 2. The van der Waals surface area contributed by atoms with E-state index in [9.17, 15) is 13.2 Å². The van der Waals surface area contributed by atoms with Crippen molar-refractivity contribution in [2.24, 2.45) is 0 Å². The zero-order valence-electron chi connectivity index (χ0n) is 11.0. The second-order valence-electron chi connectivity index (χ2n) is 5.20.